The Bertz CT molecular complexity index is 1170. The van der Waals surface area contributed by atoms with Crippen molar-refractivity contribution in [2.24, 2.45) is 0 Å². The standard InChI is InChI=1S/C24H34FN7O4/c1-3-4-16(7-8-33)28-23-21-20(29-24(26)30-23)22(25)31-32(21)11-15-6-5-14(9-19(15)35-2)10-27-17-12-36-13-18(17)34/h5-6,9,16-18,27,33-34H,3-4,7-8,10-13H2,1-2H3,(H3,26,28,29,30)/t16?,17-,18-/m1/s1. The van der Waals surface area contributed by atoms with E-state index in [0.717, 1.165) is 24.0 Å². The van der Waals surface area contributed by atoms with Crippen LogP contribution in [-0.2, 0) is 17.8 Å². The number of fused-ring (bicyclic) bond motifs is 1. The molecule has 1 fully saturated rings. The minimum absolute atomic E-state index is 0.0140. The Balaban J connectivity index is 1.61. The molecule has 1 aromatic carbocycles. The highest BCUT2D eigenvalue weighted by Gasteiger charge is 2.25. The average molecular weight is 504 g/mol. The third kappa shape index (κ3) is 5.84. The second kappa shape index (κ2) is 11.8. The van der Waals surface area contributed by atoms with Gasteiger partial charge in [-0.3, -0.25) is 4.68 Å². The van der Waals surface area contributed by atoms with Gasteiger partial charge >= 0.3 is 0 Å². The molecule has 6 N–H and O–H groups in total. The fourth-order valence-electron chi connectivity index (χ4n) is 4.44. The minimum Gasteiger partial charge on any atom is -0.496 e. The smallest absolute Gasteiger partial charge is 0.259 e. The second-order valence-electron chi connectivity index (χ2n) is 8.96. The van der Waals surface area contributed by atoms with E-state index in [0.29, 0.717) is 43.3 Å². The molecular formula is C24H34FN7O4. The molecule has 1 unspecified atom stereocenters. The van der Waals surface area contributed by atoms with Crippen LogP contribution in [0.1, 0.15) is 37.3 Å². The SMILES string of the molecule is CCCC(CCO)Nc1nc(N)nc2c(F)nn(Cc3ccc(CN[C@@H]4COC[C@H]4O)cc3OC)c12. The van der Waals surface area contributed by atoms with Gasteiger partial charge in [0, 0.05) is 24.8 Å². The van der Waals surface area contributed by atoms with Crippen LogP contribution in [0.2, 0.25) is 0 Å². The number of aliphatic hydroxyl groups is 2. The number of nitrogens with zero attached hydrogens (tertiary/aromatic N) is 4. The summed E-state index contributed by atoms with van der Waals surface area (Å²) in [5.41, 5.74) is 8.04. The molecule has 12 heteroatoms. The van der Waals surface area contributed by atoms with Crippen LogP contribution in [0, 0.1) is 5.95 Å². The van der Waals surface area contributed by atoms with Gasteiger partial charge in [-0.2, -0.15) is 9.37 Å². The Morgan fingerprint density at radius 2 is 2.14 bits per heavy atom. The zero-order chi connectivity index (χ0) is 25.7. The number of aromatic nitrogens is 4. The number of hydrogen-bond acceptors (Lipinski definition) is 10. The number of nitrogens with two attached hydrogens (primary N) is 1. The summed E-state index contributed by atoms with van der Waals surface area (Å²) in [7, 11) is 1.58. The highest BCUT2D eigenvalue weighted by Crippen LogP contribution is 2.28. The molecule has 0 amide bonds. The lowest BCUT2D eigenvalue weighted by Crippen LogP contribution is -2.38. The van der Waals surface area contributed by atoms with Crippen molar-refractivity contribution in [1.29, 1.82) is 0 Å². The van der Waals surface area contributed by atoms with Gasteiger partial charge in [-0.05, 0) is 24.5 Å². The number of halogens is 1. The van der Waals surface area contributed by atoms with Crippen molar-refractivity contribution < 1.29 is 24.1 Å². The van der Waals surface area contributed by atoms with Crippen molar-refractivity contribution >= 4 is 22.8 Å². The number of anilines is 2. The fraction of sp³-hybridized carbons (Fsp3) is 0.542. The molecule has 36 heavy (non-hydrogen) atoms. The Kier molecular flexibility index (Phi) is 8.52. The van der Waals surface area contributed by atoms with Gasteiger partial charge in [0.1, 0.15) is 11.3 Å². The van der Waals surface area contributed by atoms with E-state index in [9.17, 15) is 14.6 Å². The van der Waals surface area contributed by atoms with E-state index in [1.807, 2.05) is 18.2 Å². The van der Waals surface area contributed by atoms with E-state index >= 15 is 0 Å². The zero-order valence-corrected chi connectivity index (χ0v) is 20.6. The first-order chi connectivity index (χ1) is 17.4. The number of rotatable bonds is 12. The van der Waals surface area contributed by atoms with Gasteiger partial charge in [0.15, 0.2) is 11.3 Å². The van der Waals surface area contributed by atoms with Crippen molar-refractivity contribution in [3.05, 3.63) is 35.3 Å². The molecule has 11 nitrogen and oxygen atoms in total. The Hall–Kier alpha value is -3.06. The highest BCUT2D eigenvalue weighted by molar-refractivity contribution is 5.87. The van der Waals surface area contributed by atoms with Gasteiger partial charge < -0.3 is 36.1 Å². The molecule has 0 radical (unpaired) electrons. The Morgan fingerprint density at radius 1 is 1.31 bits per heavy atom. The summed E-state index contributed by atoms with van der Waals surface area (Å²) in [4.78, 5) is 8.39. The maximum Gasteiger partial charge on any atom is 0.259 e. The van der Waals surface area contributed by atoms with E-state index in [2.05, 4.69) is 32.6 Å². The summed E-state index contributed by atoms with van der Waals surface area (Å²) in [6.07, 6.45) is 1.70. The van der Waals surface area contributed by atoms with Crippen LogP contribution in [0.15, 0.2) is 18.2 Å². The lowest BCUT2D eigenvalue weighted by Gasteiger charge is -2.19. The second-order valence-corrected chi connectivity index (χ2v) is 8.96. The maximum absolute atomic E-state index is 14.8. The number of nitrogens with one attached hydrogen (secondary N) is 2. The third-order valence-electron chi connectivity index (χ3n) is 6.31. The van der Waals surface area contributed by atoms with E-state index in [1.165, 1.54) is 4.68 Å². The van der Waals surface area contributed by atoms with Gasteiger partial charge in [-0.15, -0.1) is 5.10 Å². The molecule has 4 rings (SSSR count). The number of hydrogen-bond donors (Lipinski definition) is 5. The lowest BCUT2D eigenvalue weighted by molar-refractivity contribution is 0.122. The summed E-state index contributed by atoms with van der Waals surface area (Å²) >= 11 is 0. The Labute approximate surface area is 208 Å². The molecule has 3 atom stereocenters. The van der Waals surface area contributed by atoms with E-state index in [1.54, 1.807) is 7.11 Å². The van der Waals surface area contributed by atoms with E-state index in [-0.39, 0.29) is 36.7 Å². The number of aliphatic hydroxyl groups excluding tert-OH is 2. The van der Waals surface area contributed by atoms with Crippen LogP contribution in [0.25, 0.3) is 11.0 Å². The fourth-order valence-corrected chi connectivity index (χ4v) is 4.44. The van der Waals surface area contributed by atoms with Gasteiger partial charge in [0.05, 0.1) is 39.0 Å². The van der Waals surface area contributed by atoms with Crippen molar-refractivity contribution in [3.8, 4) is 5.75 Å². The molecule has 196 valence electrons. The Morgan fingerprint density at radius 3 is 2.83 bits per heavy atom. The van der Waals surface area contributed by atoms with Gasteiger partial charge in [0.2, 0.25) is 5.95 Å². The zero-order valence-electron chi connectivity index (χ0n) is 20.6. The van der Waals surface area contributed by atoms with Crippen LogP contribution in [-0.4, -0.2) is 75.1 Å². The van der Waals surface area contributed by atoms with Gasteiger partial charge in [-0.1, -0.05) is 25.5 Å². The molecule has 0 bridgehead atoms. The van der Waals surface area contributed by atoms with Crippen molar-refractivity contribution in [3.63, 3.8) is 0 Å². The largest absolute Gasteiger partial charge is 0.496 e. The van der Waals surface area contributed by atoms with Crippen molar-refractivity contribution in [2.45, 2.75) is 57.5 Å². The number of methoxy groups -OCH3 is 1. The molecule has 2 aromatic heterocycles. The number of benzene rings is 1. The average Bonchev–Trinajstić information content (AvgIpc) is 3.40. The summed E-state index contributed by atoms with van der Waals surface area (Å²) in [5.74, 6) is 0.193. The highest BCUT2D eigenvalue weighted by atomic mass is 19.1. The lowest BCUT2D eigenvalue weighted by atomic mass is 10.1. The van der Waals surface area contributed by atoms with Crippen molar-refractivity contribution in [1.82, 2.24) is 25.1 Å². The molecule has 1 aliphatic heterocycles. The normalized spacial score (nSPS) is 18.6. The quantitative estimate of drug-likeness (QED) is 0.245. The molecule has 0 spiro atoms. The molecule has 3 aromatic rings. The van der Waals surface area contributed by atoms with Crippen LogP contribution in [0.3, 0.4) is 0 Å². The van der Waals surface area contributed by atoms with Crippen molar-refractivity contribution in [2.75, 3.05) is 38.0 Å². The molecule has 0 aliphatic carbocycles. The molecular weight excluding hydrogens is 469 g/mol. The first kappa shape index (κ1) is 26.0. The summed E-state index contributed by atoms with van der Waals surface area (Å²) < 4.78 is 27.2. The summed E-state index contributed by atoms with van der Waals surface area (Å²) in [5, 5.41) is 30.0. The third-order valence-corrected chi connectivity index (χ3v) is 6.31. The number of nitrogen functional groups attached to an aromatic ring is 1. The summed E-state index contributed by atoms with van der Waals surface area (Å²) in [6, 6.07) is 5.57. The van der Waals surface area contributed by atoms with Crippen LogP contribution in [0.4, 0.5) is 16.2 Å². The molecule has 1 saturated heterocycles. The topological polar surface area (TPSA) is 153 Å². The van der Waals surface area contributed by atoms with Crippen LogP contribution < -0.4 is 21.1 Å². The number of ether oxygens (including phenoxy) is 2. The van der Waals surface area contributed by atoms with Gasteiger partial charge in [0.25, 0.3) is 5.95 Å². The van der Waals surface area contributed by atoms with Crippen LogP contribution in [0.5, 0.6) is 5.75 Å². The maximum atomic E-state index is 14.8. The summed E-state index contributed by atoms with van der Waals surface area (Å²) in [6.45, 7) is 3.61. The molecule has 3 heterocycles. The first-order valence-electron chi connectivity index (χ1n) is 12.1. The van der Waals surface area contributed by atoms with E-state index < -0.39 is 12.1 Å². The van der Waals surface area contributed by atoms with E-state index in [4.69, 9.17) is 15.2 Å². The first-order valence-corrected chi connectivity index (χ1v) is 12.1. The molecule has 0 saturated carbocycles. The van der Waals surface area contributed by atoms with Crippen LogP contribution >= 0.6 is 0 Å². The van der Waals surface area contributed by atoms with Gasteiger partial charge in [-0.25, -0.2) is 4.98 Å². The predicted molar refractivity (Wildman–Crippen MR) is 133 cm³/mol. The molecule has 1 aliphatic rings. The predicted octanol–water partition coefficient (Wildman–Crippen LogP) is 1.42. The monoisotopic (exact) mass is 503 g/mol. The minimum atomic E-state index is -0.742.